The minimum atomic E-state index is -0.0414. The Morgan fingerprint density at radius 1 is 1.26 bits per heavy atom. The molecule has 0 saturated heterocycles. The van der Waals surface area contributed by atoms with Crippen LogP contribution in [0, 0.1) is 6.92 Å². The van der Waals surface area contributed by atoms with Crippen LogP contribution in [0.25, 0.3) is 27.9 Å². The van der Waals surface area contributed by atoms with Crippen LogP contribution in [-0.2, 0) is 6.42 Å². The Kier molecular flexibility index (Phi) is 3.61. The van der Waals surface area contributed by atoms with E-state index in [9.17, 15) is 4.79 Å². The number of ketones is 1. The Morgan fingerprint density at radius 2 is 2.15 bits per heavy atom. The van der Waals surface area contributed by atoms with Crippen molar-refractivity contribution in [2.45, 2.75) is 13.3 Å². The van der Waals surface area contributed by atoms with Gasteiger partial charge in [-0.25, -0.2) is 4.98 Å². The van der Waals surface area contributed by atoms with Gasteiger partial charge in [0.05, 0.1) is 12.0 Å². The zero-order valence-corrected chi connectivity index (χ0v) is 15.2. The molecule has 0 bridgehead atoms. The average Bonchev–Trinajstić information content (AvgIpc) is 3.39. The number of pyridine rings is 1. The third kappa shape index (κ3) is 2.82. The maximum Gasteiger partial charge on any atom is 0.173 e. The summed E-state index contributed by atoms with van der Waals surface area (Å²) in [5.41, 5.74) is 3.58. The van der Waals surface area contributed by atoms with Gasteiger partial charge in [-0.1, -0.05) is 18.2 Å². The molecule has 0 N–H and O–H groups in total. The van der Waals surface area contributed by atoms with Crippen molar-refractivity contribution >= 4 is 33.7 Å². The van der Waals surface area contributed by atoms with Crippen LogP contribution in [0.3, 0.4) is 0 Å². The van der Waals surface area contributed by atoms with E-state index in [1.165, 1.54) is 11.3 Å². The predicted octanol–water partition coefficient (Wildman–Crippen LogP) is 4.33. The van der Waals surface area contributed by atoms with Gasteiger partial charge in [-0.3, -0.25) is 9.20 Å². The molecule has 0 saturated carbocycles. The Balaban J connectivity index is 1.61. The molecule has 0 radical (unpaired) electrons. The minimum Gasteiger partial charge on any atom is -0.456 e. The van der Waals surface area contributed by atoms with Gasteiger partial charge in [0.1, 0.15) is 22.7 Å². The van der Waals surface area contributed by atoms with Gasteiger partial charge in [0, 0.05) is 28.2 Å². The first-order valence-electron chi connectivity index (χ1n) is 8.44. The van der Waals surface area contributed by atoms with Gasteiger partial charge in [0.2, 0.25) is 0 Å². The number of furan rings is 1. The molecule has 1 aromatic carbocycles. The fraction of sp³-hybridized carbons (Fsp3) is 0.100. The van der Waals surface area contributed by atoms with E-state index in [0.29, 0.717) is 17.0 Å². The van der Waals surface area contributed by atoms with Crippen LogP contribution in [0.5, 0.6) is 0 Å². The van der Waals surface area contributed by atoms with Crippen molar-refractivity contribution in [1.82, 2.24) is 19.6 Å². The Labute approximate surface area is 158 Å². The summed E-state index contributed by atoms with van der Waals surface area (Å²) in [6.07, 6.45) is 3.70. The second kappa shape index (κ2) is 6.14. The minimum absolute atomic E-state index is 0.0414. The molecule has 4 aromatic heterocycles. The van der Waals surface area contributed by atoms with E-state index in [-0.39, 0.29) is 12.2 Å². The molecule has 0 aliphatic rings. The van der Waals surface area contributed by atoms with E-state index in [0.717, 1.165) is 27.2 Å². The summed E-state index contributed by atoms with van der Waals surface area (Å²) in [6.45, 7) is 1.92. The van der Waals surface area contributed by atoms with E-state index in [4.69, 9.17) is 4.42 Å². The van der Waals surface area contributed by atoms with E-state index in [1.54, 1.807) is 10.7 Å². The molecule has 0 unspecified atom stereocenters. The molecule has 27 heavy (non-hydrogen) atoms. The van der Waals surface area contributed by atoms with Crippen LogP contribution in [-0.4, -0.2) is 25.4 Å². The standard InChI is InChI=1S/C20H14N4O2S/c1-12-10-27-19(22-12)8-16(25)15-6-14(9-24-11-21-23-20(15)24)18-7-13-4-2-3-5-17(13)26-18/h2-7,9-11H,8H2,1H3. The summed E-state index contributed by atoms with van der Waals surface area (Å²) in [5, 5.41) is 11.8. The predicted molar refractivity (Wildman–Crippen MR) is 103 cm³/mol. The van der Waals surface area contributed by atoms with Crippen LogP contribution in [0.2, 0.25) is 0 Å². The number of fused-ring (bicyclic) bond motifs is 2. The normalized spacial score (nSPS) is 11.4. The van der Waals surface area contributed by atoms with Gasteiger partial charge >= 0.3 is 0 Å². The average molecular weight is 374 g/mol. The number of thiazole rings is 1. The van der Waals surface area contributed by atoms with Crippen LogP contribution in [0.4, 0.5) is 0 Å². The number of aryl methyl sites for hydroxylation is 1. The number of carbonyl (C=O) groups is 1. The number of hydrogen-bond acceptors (Lipinski definition) is 6. The number of hydrogen-bond donors (Lipinski definition) is 0. The molecule has 5 rings (SSSR count). The van der Waals surface area contributed by atoms with Crippen molar-refractivity contribution in [3.8, 4) is 11.3 Å². The summed E-state index contributed by atoms with van der Waals surface area (Å²) < 4.78 is 7.71. The number of nitrogens with zero attached hydrogens (tertiary/aromatic N) is 4. The first kappa shape index (κ1) is 15.9. The molecule has 6 nitrogen and oxygen atoms in total. The van der Waals surface area contributed by atoms with Gasteiger partial charge in [0.15, 0.2) is 11.4 Å². The molecule has 0 atom stereocenters. The monoisotopic (exact) mass is 374 g/mol. The lowest BCUT2D eigenvalue weighted by atomic mass is 10.1. The molecule has 7 heteroatoms. The molecule has 0 spiro atoms. The fourth-order valence-electron chi connectivity index (χ4n) is 3.12. The summed E-state index contributed by atoms with van der Waals surface area (Å²) in [4.78, 5) is 17.3. The zero-order valence-electron chi connectivity index (χ0n) is 14.4. The Hall–Kier alpha value is -3.32. The molecular formula is C20H14N4O2S. The van der Waals surface area contributed by atoms with E-state index >= 15 is 0 Å². The number of Topliss-reactive ketones (excluding diaryl/α,β-unsaturated/α-hetero) is 1. The highest BCUT2D eigenvalue weighted by atomic mass is 32.1. The lowest BCUT2D eigenvalue weighted by Crippen LogP contribution is -2.06. The maximum absolute atomic E-state index is 12.9. The van der Waals surface area contributed by atoms with E-state index < -0.39 is 0 Å². The third-order valence-electron chi connectivity index (χ3n) is 4.38. The van der Waals surface area contributed by atoms with Gasteiger partial charge in [-0.05, 0) is 25.1 Å². The SMILES string of the molecule is Cc1csc(CC(=O)c2cc(-c3cc4ccccc4o3)cn3cnnc23)n1. The van der Waals surface area contributed by atoms with Crippen LogP contribution in [0.15, 0.2) is 58.7 Å². The maximum atomic E-state index is 12.9. The largest absolute Gasteiger partial charge is 0.456 e. The molecule has 0 fully saturated rings. The van der Waals surface area contributed by atoms with Gasteiger partial charge in [-0.2, -0.15) is 0 Å². The van der Waals surface area contributed by atoms with E-state index in [2.05, 4.69) is 15.2 Å². The highest BCUT2D eigenvalue weighted by Gasteiger charge is 2.18. The molecule has 132 valence electrons. The number of benzene rings is 1. The fourth-order valence-corrected chi connectivity index (χ4v) is 3.89. The highest BCUT2D eigenvalue weighted by molar-refractivity contribution is 7.09. The van der Waals surface area contributed by atoms with Crippen LogP contribution < -0.4 is 0 Å². The quantitative estimate of drug-likeness (QED) is 0.438. The van der Waals surface area contributed by atoms with Crippen LogP contribution in [0.1, 0.15) is 21.1 Å². The van der Waals surface area contributed by atoms with Crippen molar-refractivity contribution in [2.75, 3.05) is 0 Å². The highest BCUT2D eigenvalue weighted by Crippen LogP contribution is 2.29. The smallest absolute Gasteiger partial charge is 0.173 e. The van der Waals surface area contributed by atoms with Crippen molar-refractivity contribution in [3.05, 3.63) is 70.6 Å². The zero-order chi connectivity index (χ0) is 18.4. The van der Waals surface area contributed by atoms with Crippen molar-refractivity contribution in [2.24, 2.45) is 0 Å². The van der Waals surface area contributed by atoms with Gasteiger partial charge < -0.3 is 4.42 Å². The summed E-state index contributed by atoms with van der Waals surface area (Å²) in [6, 6.07) is 11.6. The first-order valence-corrected chi connectivity index (χ1v) is 9.32. The summed E-state index contributed by atoms with van der Waals surface area (Å²) >= 11 is 1.49. The molecular weight excluding hydrogens is 360 g/mol. The first-order chi connectivity index (χ1) is 13.2. The lowest BCUT2D eigenvalue weighted by Gasteiger charge is -2.05. The van der Waals surface area contributed by atoms with Crippen molar-refractivity contribution in [1.29, 1.82) is 0 Å². The third-order valence-corrected chi connectivity index (χ3v) is 5.35. The molecule has 0 aliphatic carbocycles. The Morgan fingerprint density at radius 3 is 2.96 bits per heavy atom. The topological polar surface area (TPSA) is 73.3 Å². The molecule has 4 heterocycles. The van der Waals surface area contributed by atoms with Gasteiger partial charge in [0.25, 0.3) is 0 Å². The van der Waals surface area contributed by atoms with Crippen molar-refractivity contribution < 1.29 is 9.21 Å². The number of carbonyl (C=O) groups excluding carboxylic acids is 1. The van der Waals surface area contributed by atoms with Gasteiger partial charge in [-0.15, -0.1) is 21.5 Å². The summed E-state index contributed by atoms with van der Waals surface area (Å²) in [5.74, 6) is 0.659. The molecule has 5 aromatic rings. The number of para-hydroxylation sites is 1. The van der Waals surface area contributed by atoms with E-state index in [1.807, 2.05) is 54.9 Å². The molecule has 0 aliphatic heterocycles. The Bertz CT molecular complexity index is 1260. The number of rotatable bonds is 4. The molecule has 0 amide bonds. The van der Waals surface area contributed by atoms with Crippen molar-refractivity contribution in [3.63, 3.8) is 0 Å². The number of aromatic nitrogens is 4. The lowest BCUT2D eigenvalue weighted by molar-refractivity contribution is 0.0994. The summed E-state index contributed by atoms with van der Waals surface area (Å²) in [7, 11) is 0. The second-order valence-electron chi connectivity index (χ2n) is 6.34. The van der Waals surface area contributed by atoms with Crippen LogP contribution >= 0.6 is 11.3 Å². The second-order valence-corrected chi connectivity index (χ2v) is 7.28.